The summed E-state index contributed by atoms with van der Waals surface area (Å²) in [6.45, 7) is 2.89. The van der Waals surface area contributed by atoms with E-state index in [0.29, 0.717) is 0 Å². The Balaban J connectivity index is 2.61. The number of hydrogen-bond donors (Lipinski definition) is 3. The molecule has 0 saturated heterocycles. The molecule has 0 saturated carbocycles. The van der Waals surface area contributed by atoms with Gasteiger partial charge in [0.05, 0.1) is 12.3 Å². The van der Waals surface area contributed by atoms with E-state index < -0.39 is 24.5 Å². The van der Waals surface area contributed by atoms with Crippen LogP contribution in [0.5, 0.6) is 0 Å². The number of carbonyl (C=O) groups is 2. The zero-order chi connectivity index (χ0) is 13.0. The second-order valence-corrected chi connectivity index (χ2v) is 3.73. The van der Waals surface area contributed by atoms with E-state index in [9.17, 15) is 9.59 Å². The molecule has 1 rings (SSSR count). The van der Waals surface area contributed by atoms with Crippen molar-refractivity contribution in [2.24, 2.45) is 0 Å². The number of carboxylic acid groups (broad SMARTS) is 1. The monoisotopic (exact) mass is 241 g/mol. The van der Waals surface area contributed by atoms with Gasteiger partial charge in [-0.25, -0.2) is 4.79 Å². The molecule has 0 spiro atoms. The van der Waals surface area contributed by atoms with Crippen LogP contribution in [0.1, 0.15) is 11.4 Å². The van der Waals surface area contributed by atoms with E-state index in [1.807, 2.05) is 6.07 Å². The Kier molecular flexibility index (Phi) is 4.22. The van der Waals surface area contributed by atoms with Crippen LogP contribution >= 0.6 is 0 Å². The van der Waals surface area contributed by atoms with Crippen LogP contribution < -0.4 is 5.32 Å². The molecule has 0 unspecified atom stereocenters. The summed E-state index contributed by atoms with van der Waals surface area (Å²) >= 11 is 0. The molecule has 0 radical (unpaired) electrons. The molecule has 0 aliphatic heterocycles. The second kappa shape index (κ2) is 5.44. The molecule has 0 aromatic carbocycles. The Morgan fingerprint density at radius 2 is 2.18 bits per heavy atom. The third-order valence-corrected chi connectivity index (χ3v) is 2.21. The van der Waals surface area contributed by atoms with Gasteiger partial charge in [0, 0.05) is 5.69 Å². The van der Waals surface area contributed by atoms with Gasteiger partial charge in [-0.15, -0.1) is 0 Å². The molecule has 7 nitrogen and oxygen atoms in total. The normalized spacial score (nSPS) is 12.2. The summed E-state index contributed by atoms with van der Waals surface area (Å²) in [4.78, 5) is 22.1. The fourth-order valence-electron chi connectivity index (χ4n) is 1.40. The Hall–Kier alpha value is -1.89. The molecular weight excluding hydrogens is 226 g/mol. The molecule has 1 atom stereocenters. The number of nitrogens with one attached hydrogen (secondary N) is 1. The largest absolute Gasteiger partial charge is 0.480 e. The lowest BCUT2D eigenvalue weighted by atomic mass is 10.3. The molecule has 0 aliphatic carbocycles. The molecular formula is C10H15N3O4. The first kappa shape index (κ1) is 13.2. The first-order valence-corrected chi connectivity index (χ1v) is 5.08. The number of aromatic nitrogens is 2. The van der Waals surface area contributed by atoms with E-state index in [0.717, 1.165) is 11.4 Å². The van der Waals surface area contributed by atoms with Gasteiger partial charge in [-0.1, -0.05) is 0 Å². The molecule has 7 heteroatoms. The number of aryl methyl sites for hydroxylation is 2. The number of nitrogens with zero attached hydrogens (tertiary/aromatic N) is 2. The maximum Gasteiger partial charge on any atom is 0.328 e. The van der Waals surface area contributed by atoms with Crippen LogP contribution in [-0.2, 0) is 16.1 Å². The van der Waals surface area contributed by atoms with E-state index in [2.05, 4.69) is 10.4 Å². The fraction of sp³-hybridized carbons (Fsp3) is 0.500. The van der Waals surface area contributed by atoms with Gasteiger partial charge in [0.2, 0.25) is 5.91 Å². The third kappa shape index (κ3) is 3.56. The van der Waals surface area contributed by atoms with E-state index in [1.54, 1.807) is 13.8 Å². The lowest BCUT2D eigenvalue weighted by molar-refractivity contribution is -0.143. The minimum Gasteiger partial charge on any atom is -0.480 e. The van der Waals surface area contributed by atoms with Crippen molar-refractivity contribution in [3.8, 4) is 0 Å². The lowest BCUT2D eigenvalue weighted by Crippen LogP contribution is -2.44. The van der Waals surface area contributed by atoms with Gasteiger partial charge in [-0.2, -0.15) is 5.10 Å². The number of carboxylic acids is 1. The maximum absolute atomic E-state index is 11.5. The van der Waals surface area contributed by atoms with E-state index in [-0.39, 0.29) is 6.54 Å². The van der Waals surface area contributed by atoms with Crippen molar-refractivity contribution in [1.29, 1.82) is 0 Å². The number of carbonyl (C=O) groups excluding carboxylic acids is 1. The molecule has 0 bridgehead atoms. The van der Waals surface area contributed by atoms with E-state index >= 15 is 0 Å². The standard InChI is InChI=1S/C10H15N3O4/c1-6-3-7(2)13(12-6)4-9(15)11-8(5-14)10(16)17/h3,8,14H,4-5H2,1-2H3,(H,11,15)(H,16,17)/t8-/m1/s1. The van der Waals surface area contributed by atoms with Gasteiger partial charge in [0.15, 0.2) is 0 Å². The predicted octanol–water partition coefficient (Wildman–Crippen LogP) is -0.938. The second-order valence-electron chi connectivity index (χ2n) is 3.73. The highest BCUT2D eigenvalue weighted by Crippen LogP contribution is 2.01. The fourth-order valence-corrected chi connectivity index (χ4v) is 1.40. The van der Waals surface area contributed by atoms with Crippen molar-refractivity contribution < 1.29 is 19.8 Å². The summed E-state index contributed by atoms with van der Waals surface area (Å²) in [5.74, 6) is -1.77. The van der Waals surface area contributed by atoms with Crippen molar-refractivity contribution >= 4 is 11.9 Å². The van der Waals surface area contributed by atoms with Crippen LogP contribution in [0.25, 0.3) is 0 Å². The van der Waals surface area contributed by atoms with Crippen molar-refractivity contribution in [2.75, 3.05) is 6.61 Å². The van der Waals surface area contributed by atoms with Gasteiger partial charge >= 0.3 is 5.97 Å². The summed E-state index contributed by atoms with van der Waals surface area (Å²) in [5.41, 5.74) is 1.60. The highest BCUT2D eigenvalue weighted by molar-refractivity contribution is 5.83. The third-order valence-electron chi connectivity index (χ3n) is 2.21. The Labute approximate surface area is 98.1 Å². The smallest absolute Gasteiger partial charge is 0.328 e. The SMILES string of the molecule is Cc1cc(C)n(CC(=O)N[C@H](CO)C(=O)O)n1. The molecule has 1 amide bonds. The van der Waals surface area contributed by atoms with Crippen molar-refractivity contribution in [2.45, 2.75) is 26.4 Å². The summed E-state index contributed by atoms with van der Waals surface area (Å²) < 4.78 is 1.47. The minimum absolute atomic E-state index is 0.0660. The summed E-state index contributed by atoms with van der Waals surface area (Å²) in [6.07, 6.45) is 0. The number of hydrogen-bond acceptors (Lipinski definition) is 4. The van der Waals surface area contributed by atoms with Crippen molar-refractivity contribution in [3.05, 3.63) is 17.5 Å². The maximum atomic E-state index is 11.5. The van der Waals surface area contributed by atoms with Gasteiger partial charge in [-0.05, 0) is 19.9 Å². The number of aliphatic carboxylic acids is 1. The number of aliphatic hydroxyl groups excluding tert-OH is 1. The molecule has 1 aromatic rings. The van der Waals surface area contributed by atoms with Gasteiger partial charge in [0.25, 0.3) is 0 Å². The zero-order valence-corrected chi connectivity index (χ0v) is 9.67. The quantitative estimate of drug-likeness (QED) is 0.617. The Bertz CT molecular complexity index is 427. The van der Waals surface area contributed by atoms with Crippen molar-refractivity contribution in [3.63, 3.8) is 0 Å². The van der Waals surface area contributed by atoms with Crippen LogP contribution in [0.3, 0.4) is 0 Å². The molecule has 0 fully saturated rings. The predicted molar refractivity (Wildman–Crippen MR) is 58.4 cm³/mol. The highest BCUT2D eigenvalue weighted by atomic mass is 16.4. The van der Waals surface area contributed by atoms with Crippen LogP contribution in [0.2, 0.25) is 0 Å². The minimum atomic E-state index is -1.28. The van der Waals surface area contributed by atoms with Gasteiger partial charge < -0.3 is 15.5 Å². The van der Waals surface area contributed by atoms with Crippen molar-refractivity contribution in [1.82, 2.24) is 15.1 Å². The molecule has 1 aromatic heterocycles. The lowest BCUT2D eigenvalue weighted by Gasteiger charge is -2.12. The van der Waals surface area contributed by atoms with Gasteiger partial charge in [-0.3, -0.25) is 9.48 Å². The average molecular weight is 241 g/mol. The van der Waals surface area contributed by atoms with Gasteiger partial charge in [0.1, 0.15) is 12.6 Å². The van der Waals surface area contributed by atoms with Crippen LogP contribution in [-0.4, -0.2) is 44.5 Å². The Morgan fingerprint density at radius 1 is 1.53 bits per heavy atom. The topological polar surface area (TPSA) is 104 Å². The van der Waals surface area contributed by atoms with E-state index in [1.165, 1.54) is 4.68 Å². The molecule has 94 valence electrons. The zero-order valence-electron chi connectivity index (χ0n) is 9.67. The summed E-state index contributed by atoms with van der Waals surface area (Å²) in [6, 6.07) is 0.535. The summed E-state index contributed by atoms with van der Waals surface area (Å²) in [5, 5.41) is 23.7. The molecule has 3 N–H and O–H groups in total. The molecule has 17 heavy (non-hydrogen) atoms. The number of aliphatic hydroxyl groups is 1. The summed E-state index contributed by atoms with van der Waals surface area (Å²) in [7, 11) is 0. The first-order chi connectivity index (χ1) is 7.93. The van der Waals surface area contributed by atoms with Crippen LogP contribution in [0.15, 0.2) is 6.07 Å². The Morgan fingerprint density at radius 3 is 2.59 bits per heavy atom. The molecule has 0 aliphatic rings. The molecule has 1 heterocycles. The van der Waals surface area contributed by atoms with Crippen LogP contribution in [0.4, 0.5) is 0 Å². The van der Waals surface area contributed by atoms with E-state index in [4.69, 9.17) is 10.2 Å². The first-order valence-electron chi connectivity index (χ1n) is 5.08. The van der Waals surface area contributed by atoms with Crippen LogP contribution in [0, 0.1) is 13.8 Å². The highest BCUT2D eigenvalue weighted by Gasteiger charge is 2.19. The number of rotatable bonds is 5. The number of amides is 1. The average Bonchev–Trinajstić information content (AvgIpc) is 2.53.